The summed E-state index contributed by atoms with van der Waals surface area (Å²) in [6, 6.07) is 5.50. The Morgan fingerprint density at radius 3 is 2.85 bits per heavy atom. The maximum atomic E-state index is 12.6. The largest absolute Gasteiger partial charge is 0.248 e. The molecule has 0 atom stereocenters. The molecule has 0 spiro atoms. The number of nitrogens with zero attached hydrogens (tertiary/aromatic N) is 2. The van der Waals surface area contributed by atoms with Crippen LogP contribution in [0.3, 0.4) is 0 Å². The highest BCUT2D eigenvalue weighted by Crippen LogP contribution is 2.26. The lowest BCUT2D eigenvalue weighted by atomic mass is 10.1. The smallest absolute Gasteiger partial charge is 0.243 e. The van der Waals surface area contributed by atoms with E-state index in [9.17, 15) is 8.42 Å². The number of hydrogen-bond acceptors (Lipinski definition) is 4. The number of aryl methyl sites for hydroxylation is 2. The first kappa shape index (κ1) is 13.7. The van der Waals surface area contributed by atoms with Gasteiger partial charge in [0.1, 0.15) is 5.01 Å². The van der Waals surface area contributed by atoms with Crippen LogP contribution >= 0.6 is 11.3 Å². The number of rotatable bonds is 4. The molecule has 0 bridgehead atoms. The number of benzene rings is 1. The van der Waals surface area contributed by atoms with E-state index in [-0.39, 0.29) is 0 Å². The molecule has 1 heterocycles. The van der Waals surface area contributed by atoms with Gasteiger partial charge in [-0.3, -0.25) is 0 Å². The van der Waals surface area contributed by atoms with E-state index < -0.39 is 10.0 Å². The molecule has 0 fully saturated rings. The maximum absolute atomic E-state index is 12.6. The summed E-state index contributed by atoms with van der Waals surface area (Å²) in [6.45, 7) is 0.317. The third-order valence-electron chi connectivity index (χ3n) is 3.62. The van der Waals surface area contributed by atoms with Gasteiger partial charge in [0.05, 0.1) is 11.4 Å². The van der Waals surface area contributed by atoms with Gasteiger partial charge in [0.15, 0.2) is 0 Å². The molecule has 0 saturated heterocycles. The molecule has 0 radical (unpaired) electrons. The van der Waals surface area contributed by atoms with Crippen LogP contribution in [0.2, 0.25) is 0 Å². The van der Waals surface area contributed by atoms with Crippen LogP contribution in [0.4, 0.5) is 0 Å². The van der Waals surface area contributed by atoms with Gasteiger partial charge in [0.2, 0.25) is 10.0 Å². The van der Waals surface area contributed by atoms with Gasteiger partial charge in [-0.1, -0.05) is 6.07 Å². The average molecular weight is 308 g/mol. The number of sulfonamides is 1. The molecule has 6 heteroatoms. The zero-order valence-electron chi connectivity index (χ0n) is 11.2. The molecular weight excluding hydrogens is 292 g/mol. The fraction of sp³-hybridized carbons (Fsp3) is 0.357. The van der Waals surface area contributed by atoms with Crippen molar-refractivity contribution in [3.05, 3.63) is 45.9 Å². The first-order valence-corrected chi connectivity index (χ1v) is 8.86. The van der Waals surface area contributed by atoms with Gasteiger partial charge >= 0.3 is 0 Å². The minimum absolute atomic E-state index is 0.317. The highest BCUT2D eigenvalue weighted by molar-refractivity contribution is 7.89. The molecule has 1 aliphatic carbocycles. The molecule has 0 saturated carbocycles. The molecule has 2 aromatic rings. The summed E-state index contributed by atoms with van der Waals surface area (Å²) in [5, 5.41) is 2.66. The monoisotopic (exact) mass is 308 g/mol. The van der Waals surface area contributed by atoms with Crippen molar-refractivity contribution in [3.8, 4) is 0 Å². The van der Waals surface area contributed by atoms with E-state index in [1.807, 2.05) is 17.5 Å². The van der Waals surface area contributed by atoms with Crippen LogP contribution in [0, 0.1) is 0 Å². The van der Waals surface area contributed by atoms with Gasteiger partial charge in [-0.25, -0.2) is 13.4 Å². The Balaban J connectivity index is 1.87. The summed E-state index contributed by atoms with van der Waals surface area (Å²) >= 11 is 1.47. The fourth-order valence-corrected chi connectivity index (χ4v) is 4.43. The van der Waals surface area contributed by atoms with Gasteiger partial charge in [-0.05, 0) is 42.5 Å². The van der Waals surface area contributed by atoms with Crippen molar-refractivity contribution in [2.24, 2.45) is 0 Å². The van der Waals surface area contributed by atoms with Gasteiger partial charge in [0, 0.05) is 18.6 Å². The summed E-state index contributed by atoms with van der Waals surface area (Å²) in [5.74, 6) is 0. The highest BCUT2D eigenvalue weighted by Gasteiger charge is 2.23. The molecule has 106 valence electrons. The zero-order valence-corrected chi connectivity index (χ0v) is 12.9. The SMILES string of the molecule is CN(Cc1nccs1)S(=O)(=O)c1ccc2c(c1)CCC2. The van der Waals surface area contributed by atoms with Gasteiger partial charge in [-0.2, -0.15) is 4.31 Å². The summed E-state index contributed by atoms with van der Waals surface area (Å²) in [6.07, 6.45) is 4.85. The predicted octanol–water partition coefficient (Wildman–Crippen LogP) is 2.45. The Morgan fingerprint density at radius 2 is 2.10 bits per heavy atom. The average Bonchev–Trinajstić information content (AvgIpc) is 3.07. The fourth-order valence-electron chi connectivity index (χ4n) is 2.50. The van der Waals surface area contributed by atoms with E-state index in [4.69, 9.17) is 0 Å². The summed E-state index contributed by atoms with van der Waals surface area (Å²) < 4.78 is 26.5. The van der Waals surface area contributed by atoms with Crippen molar-refractivity contribution in [1.82, 2.24) is 9.29 Å². The van der Waals surface area contributed by atoms with E-state index >= 15 is 0 Å². The van der Waals surface area contributed by atoms with Gasteiger partial charge < -0.3 is 0 Å². The normalized spacial score (nSPS) is 14.7. The third-order valence-corrected chi connectivity index (χ3v) is 6.18. The Kier molecular flexibility index (Phi) is 3.62. The highest BCUT2D eigenvalue weighted by atomic mass is 32.2. The summed E-state index contributed by atoms with van der Waals surface area (Å²) in [5.41, 5.74) is 2.46. The van der Waals surface area contributed by atoms with E-state index in [0.29, 0.717) is 11.4 Å². The number of fused-ring (bicyclic) bond motifs is 1. The Labute approximate surface area is 123 Å². The lowest BCUT2D eigenvalue weighted by molar-refractivity contribution is 0.466. The van der Waals surface area contributed by atoms with Crippen LogP contribution in [0.1, 0.15) is 22.6 Å². The van der Waals surface area contributed by atoms with Crippen LogP contribution < -0.4 is 0 Å². The van der Waals surface area contributed by atoms with Gasteiger partial charge in [0.25, 0.3) is 0 Å². The molecule has 1 aliphatic rings. The number of hydrogen-bond donors (Lipinski definition) is 0. The van der Waals surface area contributed by atoms with Crippen LogP contribution in [-0.4, -0.2) is 24.8 Å². The predicted molar refractivity (Wildman–Crippen MR) is 79.2 cm³/mol. The summed E-state index contributed by atoms with van der Waals surface area (Å²) in [7, 11) is -1.84. The Hall–Kier alpha value is -1.24. The third kappa shape index (κ3) is 2.51. The van der Waals surface area contributed by atoms with E-state index in [2.05, 4.69) is 4.98 Å². The molecule has 3 rings (SSSR count). The lowest BCUT2D eigenvalue weighted by Gasteiger charge is -2.16. The van der Waals surface area contributed by atoms with Crippen LogP contribution in [0.15, 0.2) is 34.7 Å². The maximum Gasteiger partial charge on any atom is 0.243 e. The summed E-state index contributed by atoms with van der Waals surface area (Å²) in [4.78, 5) is 4.52. The molecule has 1 aromatic carbocycles. The van der Waals surface area contributed by atoms with E-state index in [1.54, 1.807) is 19.3 Å². The first-order chi connectivity index (χ1) is 9.57. The van der Waals surface area contributed by atoms with Crippen molar-refractivity contribution in [2.75, 3.05) is 7.05 Å². The van der Waals surface area contributed by atoms with Crippen molar-refractivity contribution in [3.63, 3.8) is 0 Å². The molecule has 1 aromatic heterocycles. The molecule has 0 amide bonds. The minimum atomic E-state index is -3.44. The van der Waals surface area contributed by atoms with Gasteiger partial charge in [-0.15, -0.1) is 11.3 Å². The van der Waals surface area contributed by atoms with Crippen LogP contribution in [0.5, 0.6) is 0 Å². The second-order valence-electron chi connectivity index (χ2n) is 4.97. The molecule has 0 N–H and O–H groups in total. The number of aromatic nitrogens is 1. The minimum Gasteiger partial charge on any atom is -0.248 e. The Morgan fingerprint density at radius 1 is 1.30 bits per heavy atom. The molecule has 20 heavy (non-hydrogen) atoms. The standard InChI is InChI=1S/C14H16N2O2S2/c1-16(10-14-15-7-8-19-14)20(17,18)13-6-5-11-3-2-4-12(11)9-13/h5-9H,2-4,10H2,1H3. The topological polar surface area (TPSA) is 50.3 Å². The second kappa shape index (κ2) is 5.27. The quantitative estimate of drug-likeness (QED) is 0.872. The van der Waals surface area contributed by atoms with E-state index in [0.717, 1.165) is 24.3 Å². The lowest BCUT2D eigenvalue weighted by Crippen LogP contribution is -2.26. The van der Waals surface area contributed by atoms with Crippen molar-refractivity contribution in [1.29, 1.82) is 0 Å². The van der Waals surface area contributed by atoms with Crippen LogP contribution in [0.25, 0.3) is 0 Å². The molecule has 4 nitrogen and oxygen atoms in total. The number of thiazole rings is 1. The molecule has 0 unspecified atom stereocenters. The zero-order chi connectivity index (χ0) is 14.2. The van der Waals surface area contributed by atoms with E-state index in [1.165, 1.54) is 26.8 Å². The van der Waals surface area contributed by atoms with Crippen molar-refractivity contribution >= 4 is 21.4 Å². The molecule has 0 aliphatic heterocycles. The Bertz CT molecular complexity index is 709. The van der Waals surface area contributed by atoms with Crippen molar-refractivity contribution < 1.29 is 8.42 Å². The first-order valence-electron chi connectivity index (χ1n) is 6.54. The van der Waals surface area contributed by atoms with Crippen molar-refractivity contribution in [2.45, 2.75) is 30.7 Å². The van der Waals surface area contributed by atoms with Crippen LogP contribution in [-0.2, 0) is 29.4 Å². The second-order valence-corrected chi connectivity index (χ2v) is 7.99. The molecular formula is C14H16N2O2S2.